The summed E-state index contributed by atoms with van der Waals surface area (Å²) in [5.74, 6) is -0.0969. The number of amides is 1. The zero-order valence-electron chi connectivity index (χ0n) is 12.5. The lowest BCUT2D eigenvalue weighted by Crippen LogP contribution is -2.26. The van der Waals surface area contributed by atoms with Crippen LogP contribution in [0.3, 0.4) is 0 Å². The number of nitrogens with one attached hydrogen (secondary N) is 1. The predicted octanol–water partition coefficient (Wildman–Crippen LogP) is 3.40. The lowest BCUT2D eigenvalue weighted by Gasteiger charge is -2.04. The minimum absolute atomic E-state index is 0.0969. The van der Waals surface area contributed by atoms with Crippen molar-refractivity contribution >= 4 is 28.8 Å². The molecule has 1 N–H and O–H groups in total. The Balaban J connectivity index is 1.67. The number of nitrogens with zero attached hydrogens (tertiary/aromatic N) is 3. The van der Waals surface area contributed by atoms with E-state index >= 15 is 0 Å². The van der Waals surface area contributed by atoms with Gasteiger partial charge in [-0.2, -0.15) is 0 Å². The molecule has 0 spiro atoms. The highest BCUT2D eigenvalue weighted by Gasteiger charge is 2.15. The van der Waals surface area contributed by atoms with Crippen LogP contribution in [-0.2, 0) is 6.54 Å². The Morgan fingerprint density at radius 3 is 2.83 bits per heavy atom. The van der Waals surface area contributed by atoms with Crippen molar-refractivity contribution in [2.45, 2.75) is 13.5 Å². The number of benzene rings is 1. The molecule has 1 aromatic carbocycles. The van der Waals surface area contributed by atoms with Crippen LogP contribution in [0.2, 0.25) is 5.02 Å². The Morgan fingerprint density at radius 1 is 1.35 bits per heavy atom. The third kappa shape index (κ3) is 3.78. The first-order chi connectivity index (χ1) is 11.1. The van der Waals surface area contributed by atoms with Gasteiger partial charge in [-0.25, -0.2) is 9.97 Å². The zero-order valence-corrected chi connectivity index (χ0v) is 14.1. The van der Waals surface area contributed by atoms with Gasteiger partial charge in [0.15, 0.2) is 0 Å². The van der Waals surface area contributed by atoms with Crippen LogP contribution in [0.5, 0.6) is 0 Å². The highest BCUT2D eigenvalue weighted by atomic mass is 35.5. The molecular weight excluding hydrogens is 332 g/mol. The second-order valence-corrected chi connectivity index (χ2v) is 6.43. The molecule has 0 fully saturated rings. The summed E-state index contributed by atoms with van der Waals surface area (Å²) in [7, 11) is 0. The van der Waals surface area contributed by atoms with Crippen LogP contribution < -0.4 is 5.32 Å². The Labute approximate surface area is 143 Å². The first-order valence-corrected chi connectivity index (χ1v) is 8.30. The van der Waals surface area contributed by atoms with Crippen LogP contribution in [0, 0.1) is 6.92 Å². The third-order valence-electron chi connectivity index (χ3n) is 3.31. The SMILES string of the molecule is Cc1nc(-c2ccc(Cl)cc2)sc1C(=O)NCCn1ccnc1. The van der Waals surface area contributed by atoms with Gasteiger partial charge in [0.2, 0.25) is 0 Å². The van der Waals surface area contributed by atoms with Crippen molar-refractivity contribution in [2.75, 3.05) is 6.54 Å². The Bertz CT molecular complexity index is 796. The van der Waals surface area contributed by atoms with E-state index in [1.54, 1.807) is 12.5 Å². The number of carbonyl (C=O) groups excluding carboxylic acids is 1. The number of aryl methyl sites for hydroxylation is 1. The fourth-order valence-electron chi connectivity index (χ4n) is 2.12. The van der Waals surface area contributed by atoms with Gasteiger partial charge in [-0.05, 0) is 19.1 Å². The average Bonchev–Trinajstić information content (AvgIpc) is 3.17. The van der Waals surface area contributed by atoms with Gasteiger partial charge >= 0.3 is 0 Å². The third-order valence-corrected chi connectivity index (χ3v) is 4.77. The predicted molar refractivity (Wildman–Crippen MR) is 91.9 cm³/mol. The van der Waals surface area contributed by atoms with E-state index in [1.165, 1.54) is 11.3 Å². The number of halogens is 1. The summed E-state index contributed by atoms with van der Waals surface area (Å²) in [5, 5.41) is 4.41. The van der Waals surface area contributed by atoms with E-state index < -0.39 is 0 Å². The van der Waals surface area contributed by atoms with E-state index in [2.05, 4.69) is 15.3 Å². The van der Waals surface area contributed by atoms with Crippen molar-refractivity contribution in [3.05, 3.63) is 58.6 Å². The average molecular weight is 347 g/mol. The molecule has 0 saturated heterocycles. The Kier molecular flexibility index (Phi) is 4.73. The fraction of sp³-hybridized carbons (Fsp3) is 0.188. The summed E-state index contributed by atoms with van der Waals surface area (Å²) in [6, 6.07) is 7.44. The molecule has 0 saturated carbocycles. The molecule has 7 heteroatoms. The molecule has 0 atom stereocenters. The van der Waals surface area contributed by atoms with E-state index in [1.807, 2.05) is 42.0 Å². The molecule has 0 bridgehead atoms. The molecule has 118 valence electrons. The summed E-state index contributed by atoms with van der Waals surface area (Å²) < 4.78 is 1.92. The van der Waals surface area contributed by atoms with Gasteiger partial charge in [0.05, 0.1) is 12.0 Å². The maximum absolute atomic E-state index is 12.3. The molecule has 0 aliphatic rings. The maximum atomic E-state index is 12.3. The second kappa shape index (κ2) is 6.93. The number of carbonyl (C=O) groups is 1. The van der Waals surface area contributed by atoms with Gasteiger partial charge in [0.1, 0.15) is 9.88 Å². The summed E-state index contributed by atoms with van der Waals surface area (Å²) in [4.78, 5) is 21.4. The van der Waals surface area contributed by atoms with Gasteiger partial charge in [-0.1, -0.05) is 23.7 Å². The van der Waals surface area contributed by atoms with Crippen LogP contribution in [-0.4, -0.2) is 27.0 Å². The van der Waals surface area contributed by atoms with Gasteiger partial charge in [-0.3, -0.25) is 4.79 Å². The summed E-state index contributed by atoms with van der Waals surface area (Å²) >= 11 is 7.29. The van der Waals surface area contributed by atoms with Crippen molar-refractivity contribution in [3.63, 3.8) is 0 Å². The number of hydrogen-bond donors (Lipinski definition) is 1. The van der Waals surface area contributed by atoms with Crippen LogP contribution in [0.1, 0.15) is 15.4 Å². The van der Waals surface area contributed by atoms with Crippen LogP contribution in [0.25, 0.3) is 10.6 Å². The summed E-state index contributed by atoms with van der Waals surface area (Å²) in [5.41, 5.74) is 1.69. The van der Waals surface area contributed by atoms with E-state index in [-0.39, 0.29) is 5.91 Å². The number of imidazole rings is 1. The van der Waals surface area contributed by atoms with E-state index in [9.17, 15) is 4.79 Å². The van der Waals surface area contributed by atoms with Crippen molar-refractivity contribution in [1.29, 1.82) is 0 Å². The monoisotopic (exact) mass is 346 g/mol. The largest absolute Gasteiger partial charge is 0.349 e. The molecular formula is C16H15ClN4OS. The Hall–Kier alpha value is -2.18. The molecule has 0 aliphatic carbocycles. The van der Waals surface area contributed by atoms with Crippen LogP contribution in [0.15, 0.2) is 43.0 Å². The number of aromatic nitrogens is 3. The van der Waals surface area contributed by atoms with Gasteiger partial charge < -0.3 is 9.88 Å². The highest BCUT2D eigenvalue weighted by molar-refractivity contribution is 7.17. The standard InChI is InChI=1S/C16H15ClN4OS/c1-11-14(15(22)19-7-9-21-8-6-18-10-21)23-16(20-11)12-2-4-13(17)5-3-12/h2-6,8,10H,7,9H2,1H3,(H,19,22). The van der Waals surface area contributed by atoms with E-state index in [4.69, 9.17) is 11.6 Å². The normalized spacial score (nSPS) is 10.7. The molecule has 1 amide bonds. The molecule has 5 nitrogen and oxygen atoms in total. The van der Waals surface area contributed by atoms with Crippen LogP contribution >= 0.6 is 22.9 Å². The molecule has 0 radical (unpaired) electrons. The minimum Gasteiger partial charge on any atom is -0.349 e. The van der Waals surface area contributed by atoms with Crippen molar-refractivity contribution in [2.24, 2.45) is 0 Å². The maximum Gasteiger partial charge on any atom is 0.263 e. The first kappa shape index (κ1) is 15.7. The van der Waals surface area contributed by atoms with E-state index in [0.29, 0.717) is 23.0 Å². The van der Waals surface area contributed by atoms with Crippen molar-refractivity contribution in [1.82, 2.24) is 19.9 Å². The quantitative estimate of drug-likeness (QED) is 0.770. The topological polar surface area (TPSA) is 59.8 Å². The Morgan fingerprint density at radius 2 is 2.13 bits per heavy atom. The van der Waals surface area contributed by atoms with E-state index in [0.717, 1.165) is 16.3 Å². The molecule has 0 aliphatic heterocycles. The molecule has 0 unspecified atom stereocenters. The smallest absolute Gasteiger partial charge is 0.263 e. The molecule has 23 heavy (non-hydrogen) atoms. The lowest BCUT2D eigenvalue weighted by atomic mass is 10.2. The fourth-order valence-corrected chi connectivity index (χ4v) is 3.23. The van der Waals surface area contributed by atoms with Gasteiger partial charge in [0, 0.05) is 36.1 Å². The second-order valence-electron chi connectivity index (χ2n) is 5.00. The zero-order chi connectivity index (χ0) is 16.2. The van der Waals surface area contributed by atoms with Gasteiger partial charge in [-0.15, -0.1) is 11.3 Å². The summed E-state index contributed by atoms with van der Waals surface area (Å²) in [6.07, 6.45) is 5.30. The van der Waals surface area contributed by atoms with Gasteiger partial charge in [0.25, 0.3) is 5.91 Å². The molecule has 2 heterocycles. The van der Waals surface area contributed by atoms with Crippen LogP contribution in [0.4, 0.5) is 0 Å². The number of rotatable bonds is 5. The molecule has 3 aromatic rings. The lowest BCUT2D eigenvalue weighted by molar-refractivity contribution is 0.0955. The molecule has 3 rings (SSSR count). The number of hydrogen-bond acceptors (Lipinski definition) is 4. The minimum atomic E-state index is -0.0969. The highest BCUT2D eigenvalue weighted by Crippen LogP contribution is 2.28. The van der Waals surface area contributed by atoms with Crippen molar-refractivity contribution < 1.29 is 4.79 Å². The first-order valence-electron chi connectivity index (χ1n) is 7.11. The molecule has 2 aromatic heterocycles. The number of thiazole rings is 1. The summed E-state index contributed by atoms with van der Waals surface area (Å²) in [6.45, 7) is 3.08. The van der Waals surface area contributed by atoms with Crippen molar-refractivity contribution in [3.8, 4) is 10.6 Å².